The molecule has 18 heteroatoms. The zero-order valence-corrected chi connectivity index (χ0v) is 43.4. The molecule has 0 spiro atoms. The van der Waals surface area contributed by atoms with Crippen molar-refractivity contribution in [2.75, 3.05) is 66.6 Å². The molecule has 0 bridgehead atoms. The van der Waals surface area contributed by atoms with E-state index in [9.17, 15) is 33.2 Å². The van der Waals surface area contributed by atoms with Gasteiger partial charge < -0.3 is 43.4 Å². The summed E-state index contributed by atoms with van der Waals surface area (Å²) in [4.78, 5) is 82.6. The maximum absolute atomic E-state index is 12.7. The van der Waals surface area contributed by atoms with Gasteiger partial charge in [0.1, 0.15) is 24.4 Å². The molecule has 15 nitrogen and oxygen atoms in total. The molecule has 2 fully saturated rings. The molecular formula is C49H80FN5O10S2. The van der Waals surface area contributed by atoms with E-state index < -0.39 is 18.4 Å². The Labute approximate surface area is 414 Å². The lowest BCUT2D eigenvalue weighted by Crippen LogP contribution is -2.51. The van der Waals surface area contributed by atoms with Crippen LogP contribution in [0.4, 0.5) is 18.8 Å². The Morgan fingerprint density at radius 1 is 0.627 bits per heavy atom. The molecule has 2 aromatic rings. The monoisotopic (exact) mass is 983 g/mol. The molecule has 0 saturated carbocycles. The number of nitrogens with zero attached hydrogens (tertiary/aromatic N) is 5. The number of amides is 5. The lowest BCUT2D eigenvalue weighted by Gasteiger charge is -2.36. The molecular weight excluding hydrogens is 902 g/mol. The Morgan fingerprint density at radius 2 is 1.00 bits per heavy atom. The van der Waals surface area contributed by atoms with Crippen molar-refractivity contribution in [2.45, 2.75) is 131 Å². The fourth-order valence-corrected chi connectivity index (χ4v) is 6.99. The van der Waals surface area contributed by atoms with Crippen LogP contribution in [0, 0.1) is 5.92 Å². The van der Waals surface area contributed by atoms with E-state index in [2.05, 4.69) is 0 Å². The standard InChI is InChI=1S/C24H37N3O5.C24H36N2O5.CH3F.2H2S/c1-6-20(25(5)22(29)31-18-19-10-8-7-9-11-19)12-13-21(28)26-14-16-27(17-15-26)23(30)32-24(2,3)4;1-5-19(17-22(28)30-18-20-9-7-6-8-10-20)11-12-21(27)25-13-15-26(16-14-25)23(29)31-24(2,3)4;1-2;;/h7-11,20H,6,12-18H2,1-5H3;6-10,19H,5,11-18H2,1-4H3;1H3;2*1H2/t20-;19-;;;/m11.../s1/i;;1D;;. The van der Waals surface area contributed by atoms with E-state index in [-0.39, 0.29) is 88.2 Å². The summed E-state index contributed by atoms with van der Waals surface area (Å²) in [6.45, 7) is 19.4. The van der Waals surface area contributed by atoms with Crippen LogP contribution in [0.2, 0.25) is 0 Å². The van der Waals surface area contributed by atoms with E-state index in [0.717, 1.165) is 24.0 Å². The summed E-state index contributed by atoms with van der Waals surface area (Å²) in [5.74, 6) is 0.00249. The number of rotatable bonds is 15. The van der Waals surface area contributed by atoms with Crippen LogP contribution in [0.3, 0.4) is 0 Å². The molecule has 2 heterocycles. The first-order chi connectivity index (χ1) is 31.2. The van der Waals surface area contributed by atoms with Crippen molar-refractivity contribution in [1.29, 1.82) is 0 Å². The van der Waals surface area contributed by atoms with Crippen LogP contribution in [0.5, 0.6) is 0 Å². The third-order valence-electron chi connectivity index (χ3n) is 10.8. The van der Waals surface area contributed by atoms with Crippen LogP contribution in [0.15, 0.2) is 60.7 Å². The summed E-state index contributed by atoms with van der Waals surface area (Å²) in [6, 6.07) is 19.1. The average Bonchev–Trinajstić information content (AvgIpc) is 3.29. The lowest BCUT2D eigenvalue weighted by molar-refractivity contribution is -0.146. The van der Waals surface area contributed by atoms with Crippen LogP contribution in [0.1, 0.15) is 113 Å². The minimum absolute atomic E-state index is 0. The third-order valence-corrected chi connectivity index (χ3v) is 10.8. The zero-order valence-electron chi connectivity index (χ0n) is 42.4. The third kappa shape index (κ3) is 24.8. The normalized spacial score (nSPS) is 14.6. The Hall–Kier alpha value is -4.71. The maximum Gasteiger partial charge on any atom is 0.410 e. The van der Waals surface area contributed by atoms with Gasteiger partial charge in [0.2, 0.25) is 11.8 Å². The number of halogens is 1. The summed E-state index contributed by atoms with van der Waals surface area (Å²) in [5.41, 5.74) is 0.835. The second-order valence-electron chi connectivity index (χ2n) is 18.1. The molecule has 2 atom stereocenters. The SMILES string of the molecule is CC[C@H](CCC(=O)N1CCN(C(=O)OC(C)(C)C)CC1)CC(=O)OCc1ccccc1.CC[C@H](CCC(=O)N1CCN(C(=O)OC(C)(C)C)CC1)N(C)C(=O)OCc1ccccc1.S.S.[2H]CF. The van der Waals surface area contributed by atoms with Crippen molar-refractivity contribution in [3.63, 3.8) is 0 Å². The summed E-state index contributed by atoms with van der Waals surface area (Å²) < 4.78 is 37.1. The molecule has 2 aromatic carbocycles. The predicted octanol–water partition coefficient (Wildman–Crippen LogP) is 8.71. The first-order valence-electron chi connectivity index (χ1n) is 23.4. The molecule has 5 amide bonds. The van der Waals surface area contributed by atoms with Gasteiger partial charge in [0.25, 0.3) is 0 Å². The molecule has 4 rings (SSSR count). The molecule has 67 heavy (non-hydrogen) atoms. The molecule has 2 saturated heterocycles. The molecule has 0 aromatic heterocycles. The first kappa shape index (κ1) is 60.3. The summed E-state index contributed by atoms with van der Waals surface area (Å²) in [6.07, 6.45) is 2.78. The van der Waals surface area contributed by atoms with Gasteiger partial charge in [-0.2, -0.15) is 27.0 Å². The molecule has 0 N–H and O–H groups in total. The number of carbonyl (C=O) groups excluding carboxylic acids is 6. The number of hydrogen-bond donors (Lipinski definition) is 0. The van der Waals surface area contributed by atoms with Crippen molar-refractivity contribution < 1.29 is 53.5 Å². The highest BCUT2D eigenvalue weighted by molar-refractivity contribution is 7.59. The van der Waals surface area contributed by atoms with Crippen molar-refractivity contribution in [3.8, 4) is 0 Å². The van der Waals surface area contributed by atoms with Gasteiger partial charge in [-0.15, -0.1) is 0 Å². The van der Waals surface area contributed by atoms with Crippen LogP contribution in [-0.4, -0.2) is 144 Å². The minimum atomic E-state index is -1.00. The maximum atomic E-state index is 12.7. The van der Waals surface area contributed by atoms with Gasteiger partial charge in [-0.1, -0.05) is 80.9 Å². The summed E-state index contributed by atoms with van der Waals surface area (Å²) in [7, 11) is 0.714. The zero-order chi connectivity index (χ0) is 49.3. The number of piperazine rings is 2. The highest BCUT2D eigenvalue weighted by Crippen LogP contribution is 2.20. The number of benzene rings is 2. The predicted molar refractivity (Wildman–Crippen MR) is 268 cm³/mol. The van der Waals surface area contributed by atoms with Crippen LogP contribution >= 0.6 is 27.0 Å². The van der Waals surface area contributed by atoms with E-state index in [1.807, 2.05) is 116 Å². The number of ether oxygens (including phenoxy) is 4. The number of alkyl halides is 1. The van der Waals surface area contributed by atoms with Gasteiger partial charge in [0, 0.05) is 84.7 Å². The lowest BCUT2D eigenvalue weighted by atomic mass is 9.96. The quantitative estimate of drug-likeness (QED) is 0.125. The fourth-order valence-electron chi connectivity index (χ4n) is 6.99. The topological polar surface area (TPSA) is 156 Å². The summed E-state index contributed by atoms with van der Waals surface area (Å²) in [5, 5.41) is 0. The van der Waals surface area contributed by atoms with Gasteiger partial charge in [0.15, 0.2) is 0 Å². The first-order valence-corrected chi connectivity index (χ1v) is 22.7. The smallest absolute Gasteiger partial charge is 0.410 e. The summed E-state index contributed by atoms with van der Waals surface area (Å²) >= 11 is 0. The van der Waals surface area contributed by atoms with Crippen LogP contribution in [0.25, 0.3) is 0 Å². The minimum Gasteiger partial charge on any atom is -0.461 e. The van der Waals surface area contributed by atoms with E-state index in [1.54, 1.807) is 31.5 Å². The molecule has 0 aliphatic carbocycles. The van der Waals surface area contributed by atoms with Gasteiger partial charge in [-0.3, -0.25) is 18.8 Å². The highest BCUT2D eigenvalue weighted by atomic mass is 32.1. The van der Waals surface area contributed by atoms with Gasteiger partial charge in [-0.25, -0.2) is 14.4 Å². The van der Waals surface area contributed by atoms with E-state index >= 15 is 0 Å². The highest BCUT2D eigenvalue weighted by Gasteiger charge is 2.30. The van der Waals surface area contributed by atoms with Crippen molar-refractivity contribution in [3.05, 3.63) is 71.8 Å². The van der Waals surface area contributed by atoms with Crippen molar-refractivity contribution >= 4 is 63.1 Å². The molecule has 2 aliphatic heterocycles. The fraction of sp³-hybridized carbons (Fsp3) is 0.633. The second-order valence-corrected chi connectivity index (χ2v) is 18.1. The largest absolute Gasteiger partial charge is 0.461 e. The molecule has 380 valence electrons. The Morgan fingerprint density at radius 3 is 1.37 bits per heavy atom. The average molecular weight is 983 g/mol. The second kappa shape index (κ2) is 32.1. The van der Waals surface area contributed by atoms with Crippen molar-refractivity contribution in [1.82, 2.24) is 24.5 Å². The Kier molecular flexibility index (Phi) is 28.9. The van der Waals surface area contributed by atoms with Crippen LogP contribution in [-0.2, 0) is 46.5 Å². The number of esters is 1. The van der Waals surface area contributed by atoms with E-state index in [1.165, 1.54) is 0 Å². The number of hydrogen-bond acceptors (Lipinski definition) is 10. The van der Waals surface area contributed by atoms with Gasteiger partial charge in [0.05, 0.1) is 8.52 Å². The molecule has 0 unspecified atom stereocenters. The Balaban J connectivity index is 0.00000121. The van der Waals surface area contributed by atoms with Crippen LogP contribution < -0.4 is 0 Å². The molecule has 2 aliphatic rings. The van der Waals surface area contributed by atoms with Crippen molar-refractivity contribution in [2.24, 2.45) is 5.92 Å². The number of carbonyl (C=O) groups is 6. The van der Waals surface area contributed by atoms with Gasteiger partial charge in [-0.05, 0) is 77.8 Å². The Bertz CT molecular complexity index is 1780. The van der Waals surface area contributed by atoms with E-state index in [4.69, 9.17) is 20.3 Å². The van der Waals surface area contributed by atoms with Gasteiger partial charge >= 0.3 is 24.2 Å². The molecule has 0 radical (unpaired) electrons. The van der Waals surface area contributed by atoms with E-state index in [0.29, 0.717) is 84.5 Å².